The number of carbonyl (C=O) groups is 1. The first kappa shape index (κ1) is 20.8. The van der Waals surface area contributed by atoms with E-state index in [1.165, 1.54) is 12.1 Å². The molecule has 2 aromatic heterocycles. The van der Waals surface area contributed by atoms with E-state index in [9.17, 15) is 9.18 Å². The van der Waals surface area contributed by atoms with E-state index in [0.29, 0.717) is 17.1 Å². The zero-order valence-electron chi connectivity index (χ0n) is 17.8. The molecule has 0 unspecified atom stereocenters. The molecule has 0 radical (unpaired) electrons. The lowest BCUT2D eigenvalue weighted by Crippen LogP contribution is -2.25. The van der Waals surface area contributed by atoms with E-state index >= 15 is 0 Å². The Morgan fingerprint density at radius 1 is 1.06 bits per heavy atom. The molecule has 0 saturated carbocycles. The van der Waals surface area contributed by atoms with E-state index in [2.05, 4.69) is 9.97 Å². The third-order valence-electron chi connectivity index (χ3n) is 4.64. The van der Waals surface area contributed by atoms with Gasteiger partial charge in [-0.1, -0.05) is 0 Å². The lowest BCUT2D eigenvalue weighted by atomic mass is 10.1. The number of hydrogen-bond acceptors (Lipinski definition) is 5. The Morgan fingerprint density at radius 3 is 2.45 bits per heavy atom. The number of halogens is 1. The van der Waals surface area contributed by atoms with Gasteiger partial charge in [-0.3, -0.25) is 0 Å². The SMILES string of the molecule is COCc1c(C(=O)OC(C)(C)C)ncc2[nH]c3ccc(Oc4ccc(F)cc4)cc3c12. The molecule has 0 amide bonds. The summed E-state index contributed by atoms with van der Waals surface area (Å²) in [6, 6.07) is 11.4. The number of ether oxygens (including phenoxy) is 3. The van der Waals surface area contributed by atoms with E-state index in [1.807, 2.05) is 39.0 Å². The minimum atomic E-state index is -0.644. The molecule has 0 aliphatic rings. The first-order valence-corrected chi connectivity index (χ1v) is 9.84. The standard InChI is InChI=1S/C24H23FN2O4/c1-24(2,3)31-23(28)22-18(13-29-4)21-17-11-16(30-15-7-5-14(25)6-8-15)9-10-19(17)27-20(21)12-26-22/h5-12,27H,13H2,1-4H3. The molecule has 4 aromatic rings. The smallest absolute Gasteiger partial charge is 0.357 e. The monoisotopic (exact) mass is 422 g/mol. The van der Waals surface area contributed by atoms with Gasteiger partial charge >= 0.3 is 5.97 Å². The molecule has 0 atom stereocenters. The number of aromatic amines is 1. The Hall–Kier alpha value is -3.45. The first-order valence-electron chi connectivity index (χ1n) is 9.84. The average Bonchev–Trinajstić information content (AvgIpc) is 3.07. The van der Waals surface area contributed by atoms with Crippen LogP contribution in [-0.4, -0.2) is 28.6 Å². The summed E-state index contributed by atoms with van der Waals surface area (Å²) >= 11 is 0. The zero-order chi connectivity index (χ0) is 22.2. The summed E-state index contributed by atoms with van der Waals surface area (Å²) in [4.78, 5) is 20.5. The van der Waals surface area contributed by atoms with Crippen molar-refractivity contribution < 1.29 is 23.4 Å². The molecule has 0 fully saturated rings. The molecule has 31 heavy (non-hydrogen) atoms. The Balaban J connectivity index is 1.83. The quantitative estimate of drug-likeness (QED) is 0.415. The summed E-state index contributed by atoms with van der Waals surface area (Å²) in [6.07, 6.45) is 1.62. The van der Waals surface area contributed by atoms with Gasteiger partial charge in [-0.25, -0.2) is 14.2 Å². The van der Waals surface area contributed by atoms with E-state index in [4.69, 9.17) is 14.2 Å². The Morgan fingerprint density at radius 2 is 1.77 bits per heavy atom. The van der Waals surface area contributed by atoms with Crippen LogP contribution >= 0.6 is 0 Å². The zero-order valence-corrected chi connectivity index (χ0v) is 17.8. The average molecular weight is 422 g/mol. The van der Waals surface area contributed by atoms with Crippen molar-refractivity contribution in [1.29, 1.82) is 0 Å². The highest BCUT2D eigenvalue weighted by Gasteiger charge is 2.24. The van der Waals surface area contributed by atoms with Gasteiger partial charge in [0, 0.05) is 29.0 Å². The molecular formula is C24H23FN2O4. The van der Waals surface area contributed by atoms with Crippen LogP contribution in [0.25, 0.3) is 21.8 Å². The lowest BCUT2D eigenvalue weighted by molar-refractivity contribution is 0.00593. The van der Waals surface area contributed by atoms with Crippen LogP contribution in [0.2, 0.25) is 0 Å². The number of hydrogen-bond donors (Lipinski definition) is 1. The number of fused-ring (bicyclic) bond motifs is 3. The number of carbonyl (C=O) groups excluding carboxylic acids is 1. The van der Waals surface area contributed by atoms with Crippen molar-refractivity contribution in [2.75, 3.05) is 7.11 Å². The van der Waals surface area contributed by atoms with Gasteiger partial charge in [0.05, 0.1) is 18.3 Å². The molecule has 0 aliphatic heterocycles. The Labute approximate surface area is 179 Å². The lowest BCUT2D eigenvalue weighted by Gasteiger charge is -2.20. The largest absolute Gasteiger partial charge is 0.457 e. The van der Waals surface area contributed by atoms with Crippen LogP contribution in [0.15, 0.2) is 48.7 Å². The van der Waals surface area contributed by atoms with Gasteiger partial charge in [-0.15, -0.1) is 0 Å². The summed E-state index contributed by atoms with van der Waals surface area (Å²) in [5.74, 6) is 0.271. The van der Waals surface area contributed by atoms with Crippen LogP contribution in [0.4, 0.5) is 4.39 Å². The molecule has 6 nitrogen and oxygen atoms in total. The number of nitrogens with zero attached hydrogens (tertiary/aromatic N) is 1. The van der Waals surface area contributed by atoms with Crippen LogP contribution in [0, 0.1) is 5.82 Å². The van der Waals surface area contributed by atoms with E-state index in [-0.39, 0.29) is 18.1 Å². The number of nitrogens with one attached hydrogen (secondary N) is 1. The number of benzene rings is 2. The maximum Gasteiger partial charge on any atom is 0.357 e. The topological polar surface area (TPSA) is 73.4 Å². The number of esters is 1. The van der Waals surface area contributed by atoms with Crippen molar-refractivity contribution in [2.45, 2.75) is 33.0 Å². The maximum atomic E-state index is 13.2. The van der Waals surface area contributed by atoms with Gasteiger partial charge in [-0.2, -0.15) is 0 Å². The van der Waals surface area contributed by atoms with Gasteiger partial charge < -0.3 is 19.2 Å². The first-order chi connectivity index (χ1) is 14.7. The van der Waals surface area contributed by atoms with Gasteiger partial charge in [0.15, 0.2) is 5.69 Å². The van der Waals surface area contributed by atoms with Crippen molar-refractivity contribution in [3.05, 3.63) is 65.7 Å². The van der Waals surface area contributed by atoms with Crippen molar-refractivity contribution in [1.82, 2.24) is 9.97 Å². The van der Waals surface area contributed by atoms with Crippen LogP contribution in [0.3, 0.4) is 0 Å². The predicted molar refractivity (Wildman–Crippen MR) is 116 cm³/mol. The number of methoxy groups -OCH3 is 1. The van der Waals surface area contributed by atoms with Crippen LogP contribution < -0.4 is 4.74 Å². The van der Waals surface area contributed by atoms with E-state index in [1.54, 1.807) is 25.4 Å². The van der Waals surface area contributed by atoms with Gasteiger partial charge in [0.25, 0.3) is 0 Å². The molecule has 0 saturated heterocycles. The summed E-state index contributed by atoms with van der Waals surface area (Å²) in [6.45, 7) is 5.62. The fraction of sp³-hybridized carbons (Fsp3) is 0.250. The predicted octanol–water partition coefficient (Wildman–Crippen LogP) is 5.75. The van der Waals surface area contributed by atoms with Crippen LogP contribution in [-0.2, 0) is 16.1 Å². The molecule has 0 aliphatic carbocycles. The molecule has 160 valence electrons. The fourth-order valence-electron chi connectivity index (χ4n) is 3.43. The number of H-pyrrole nitrogens is 1. The second-order valence-electron chi connectivity index (χ2n) is 8.20. The molecule has 2 aromatic carbocycles. The van der Waals surface area contributed by atoms with Gasteiger partial charge in [-0.05, 0) is 63.2 Å². The van der Waals surface area contributed by atoms with Crippen LogP contribution in [0.5, 0.6) is 11.5 Å². The Bertz CT molecular complexity index is 1260. The molecule has 2 heterocycles. The number of aromatic nitrogens is 2. The van der Waals surface area contributed by atoms with Gasteiger partial charge in [0.1, 0.15) is 22.9 Å². The molecular weight excluding hydrogens is 399 g/mol. The molecule has 1 N–H and O–H groups in total. The van der Waals surface area contributed by atoms with Crippen LogP contribution in [0.1, 0.15) is 36.8 Å². The van der Waals surface area contributed by atoms with Gasteiger partial charge in [0.2, 0.25) is 0 Å². The third kappa shape index (κ3) is 4.36. The molecule has 0 bridgehead atoms. The van der Waals surface area contributed by atoms with E-state index in [0.717, 1.165) is 21.8 Å². The molecule has 0 spiro atoms. The summed E-state index contributed by atoms with van der Waals surface area (Å²) < 4.78 is 30.0. The van der Waals surface area contributed by atoms with Crippen molar-refractivity contribution in [3.8, 4) is 11.5 Å². The number of rotatable bonds is 5. The van der Waals surface area contributed by atoms with Crippen molar-refractivity contribution in [3.63, 3.8) is 0 Å². The fourth-order valence-corrected chi connectivity index (χ4v) is 3.43. The minimum absolute atomic E-state index is 0.189. The highest BCUT2D eigenvalue weighted by Crippen LogP contribution is 2.34. The number of pyridine rings is 1. The summed E-state index contributed by atoms with van der Waals surface area (Å²) in [5, 5.41) is 1.67. The summed E-state index contributed by atoms with van der Waals surface area (Å²) in [7, 11) is 1.57. The molecule has 7 heteroatoms. The van der Waals surface area contributed by atoms with Crippen molar-refractivity contribution in [2.24, 2.45) is 0 Å². The maximum absolute atomic E-state index is 13.2. The normalized spacial score (nSPS) is 11.8. The molecule has 4 rings (SSSR count). The minimum Gasteiger partial charge on any atom is -0.457 e. The van der Waals surface area contributed by atoms with Crippen molar-refractivity contribution >= 4 is 27.8 Å². The second kappa shape index (κ2) is 8.00. The second-order valence-corrected chi connectivity index (χ2v) is 8.20. The summed E-state index contributed by atoms with van der Waals surface area (Å²) in [5.41, 5.74) is 1.85. The highest BCUT2D eigenvalue weighted by molar-refractivity contribution is 6.11. The third-order valence-corrected chi connectivity index (χ3v) is 4.64. The highest BCUT2D eigenvalue weighted by atomic mass is 19.1. The van der Waals surface area contributed by atoms with E-state index < -0.39 is 11.6 Å². The Kier molecular flexibility index (Phi) is 5.37.